The molecule has 2 rings (SSSR count). The lowest BCUT2D eigenvalue weighted by Crippen LogP contribution is -2.22. The van der Waals surface area contributed by atoms with Crippen molar-refractivity contribution in [3.63, 3.8) is 0 Å². The summed E-state index contributed by atoms with van der Waals surface area (Å²) in [5, 5.41) is 21.5. The van der Waals surface area contributed by atoms with Gasteiger partial charge in [0, 0.05) is 5.56 Å². The monoisotopic (exact) mass is 274 g/mol. The summed E-state index contributed by atoms with van der Waals surface area (Å²) < 4.78 is 0. The van der Waals surface area contributed by atoms with Gasteiger partial charge in [-0.1, -0.05) is 41.9 Å². The molecule has 0 radical (unpaired) electrons. The Balaban J connectivity index is 2.48. The minimum atomic E-state index is -1.36. The SMILES string of the molecule is O=C([O-])c1cccc(-c2ccc(C(=O)[O-])c(Cl)c2)c1. The van der Waals surface area contributed by atoms with Crippen LogP contribution < -0.4 is 10.2 Å². The van der Waals surface area contributed by atoms with Gasteiger partial charge in [-0.3, -0.25) is 0 Å². The second-order valence-corrected chi connectivity index (χ2v) is 4.26. The van der Waals surface area contributed by atoms with Gasteiger partial charge < -0.3 is 19.8 Å². The first-order valence-electron chi connectivity index (χ1n) is 5.31. The molecule has 0 spiro atoms. The summed E-state index contributed by atoms with van der Waals surface area (Å²) in [6, 6.07) is 10.4. The average molecular weight is 275 g/mol. The van der Waals surface area contributed by atoms with Crippen molar-refractivity contribution in [1.82, 2.24) is 0 Å². The number of carboxylic acid groups (broad SMARTS) is 2. The van der Waals surface area contributed by atoms with Gasteiger partial charge in [0.05, 0.1) is 17.0 Å². The van der Waals surface area contributed by atoms with E-state index in [4.69, 9.17) is 11.6 Å². The van der Waals surface area contributed by atoms with E-state index in [1.54, 1.807) is 12.1 Å². The van der Waals surface area contributed by atoms with E-state index in [2.05, 4.69) is 0 Å². The number of hydrogen-bond donors (Lipinski definition) is 0. The summed E-state index contributed by atoms with van der Waals surface area (Å²) in [5.74, 6) is -2.64. The predicted octanol–water partition coefficient (Wildman–Crippen LogP) is 0.734. The summed E-state index contributed by atoms with van der Waals surface area (Å²) in [6.07, 6.45) is 0. The molecule has 96 valence electrons. The van der Waals surface area contributed by atoms with Gasteiger partial charge >= 0.3 is 0 Å². The Labute approximate surface area is 113 Å². The van der Waals surface area contributed by atoms with Crippen molar-refractivity contribution in [1.29, 1.82) is 0 Å². The van der Waals surface area contributed by atoms with Crippen LogP contribution in [0.1, 0.15) is 20.7 Å². The maximum Gasteiger partial charge on any atom is 0.0730 e. The number of halogens is 1. The zero-order valence-corrected chi connectivity index (χ0v) is 10.3. The summed E-state index contributed by atoms with van der Waals surface area (Å²) in [5.41, 5.74) is 1.14. The minimum Gasteiger partial charge on any atom is -0.545 e. The number of carboxylic acids is 2. The molecule has 2 aromatic carbocycles. The van der Waals surface area contributed by atoms with E-state index in [1.165, 1.54) is 30.3 Å². The molecule has 0 amide bonds. The number of hydrogen-bond acceptors (Lipinski definition) is 4. The van der Waals surface area contributed by atoms with Crippen LogP contribution in [0.25, 0.3) is 11.1 Å². The highest BCUT2D eigenvalue weighted by atomic mass is 35.5. The van der Waals surface area contributed by atoms with Crippen molar-refractivity contribution < 1.29 is 19.8 Å². The van der Waals surface area contributed by atoms with Crippen LogP contribution >= 0.6 is 11.6 Å². The lowest BCUT2D eigenvalue weighted by Gasteiger charge is -2.09. The molecule has 0 bridgehead atoms. The van der Waals surface area contributed by atoms with Gasteiger partial charge in [-0.05, 0) is 28.8 Å². The number of carbonyl (C=O) groups is 2. The fourth-order valence-electron chi connectivity index (χ4n) is 1.69. The molecule has 0 fully saturated rings. The fourth-order valence-corrected chi connectivity index (χ4v) is 1.94. The lowest BCUT2D eigenvalue weighted by atomic mass is 10.0. The van der Waals surface area contributed by atoms with E-state index in [0.717, 1.165) is 0 Å². The van der Waals surface area contributed by atoms with Crippen molar-refractivity contribution in [2.45, 2.75) is 0 Å². The maximum absolute atomic E-state index is 10.8. The third-order valence-electron chi connectivity index (χ3n) is 2.62. The van der Waals surface area contributed by atoms with Gasteiger partial charge in [0.25, 0.3) is 0 Å². The van der Waals surface area contributed by atoms with Crippen LogP contribution in [0.5, 0.6) is 0 Å². The second-order valence-electron chi connectivity index (χ2n) is 3.85. The molecule has 0 N–H and O–H groups in total. The van der Waals surface area contributed by atoms with Crippen LogP contribution in [0, 0.1) is 0 Å². The van der Waals surface area contributed by atoms with Gasteiger partial charge in [0.15, 0.2) is 0 Å². The Hall–Kier alpha value is -2.33. The highest BCUT2D eigenvalue weighted by Crippen LogP contribution is 2.26. The van der Waals surface area contributed by atoms with Crippen LogP contribution in [0.15, 0.2) is 42.5 Å². The van der Waals surface area contributed by atoms with E-state index in [1.807, 2.05) is 0 Å². The van der Waals surface area contributed by atoms with Gasteiger partial charge in [-0.2, -0.15) is 0 Å². The van der Waals surface area contributed by atoms with Crippen LogP contribution in [0.2, 0.25) is 5.02 Å². The molecule has 5 heteroatoms. The van der Waals surface area contributed by atoms with Gasteiger partial charge in [-0.15, -0.1) is 0 Å². The Bertz CT molecular complexity index is 664. The van der Waals surface area contributed by atoms with Crippen LogP contribution in [0.3, 0.4) is 0 Å². The Morgan fingerprint density at radius 1 is 0.895 bits per heavy atom. The molecule has 0 aromatic heterocycles. The van der Waals surface area contributed by atoms with Crippen LogP contribution in [0.4, 0.5) is 0 Å². The standard InChI is InChI=1S/C14H9ClO4/c15-12-7-9(4-5-11(12)14(18)19)8-2-1-3-10(6-8)13(16)17/h1-7H,(H,16,17)(H,18,19)/p-2. The van der Waals surface area contributed by atoms with Gasteiger partial charge in [0.1, 0.15) is 0 Å². The maximum atomic E-state index is 10.8. The zero-order valence-electron chi connectivity index (χ0n) is 9.55. The fraction of sp³-hybridized carbons (Fsp3) is 0. The summed E-state index contributed by atoms with van der Waals surface area (Å²) in [6.45, 7) is 0. The third kappa shape index (κ3) is 2.74. The molecule has 19 heavy (non-hydrogen) atoms. The van der Waals surface area contributed by atoms with E-state index in [-0.39, 0.29) is 16.1 Å². The van der Waals surface area contributed by atoms with E-state index in [9.17, 15) is 19.8 Å². The Morgan fingerprint density at radius 3 is 2.16 bits per heavy atom. The van der Waals surface area contributed by atoms with E-state index in [0.29, 0.717) is 11.1 Å². The van der Waals surface area contributed by atoms with Crippen LogP contribution in [-0.4, -0.2) is 11.9 Å². The van der Waals surface area contributed by atoms with Gasteiger partial charge in [0.2, 0.25) is 0 Å². The number of carbonyl (C=O) groups excluding carboxylic acids is 2. The molecule has 4 nitrogen and oxygen atoms in total. The molecule has 0 aliphatic carbocycles. The first kappa shape index (κ1) is 13.1. The minimum absolute atomic E-state index is 0.0383. The lowest BCUT2D eigenvalue weighted by molar-refractivity contribution is -0.256. The smallest absolute Gasteiger partial charge is 0.0730 e. The second kappa shape index (κ2) is 5.12. The normalized spacial score (nSPS) is 10.2. The first-order valence-corrected chi connectivity index (χ1v) is 5.69. The summed E-state index contributed by atoms with van der Waals surface area (Å²) in [4.78, 5) is 21.5. The van der Waals surface area contributed by atoms with Crippen molar-refractivity contribution in [2.24, 2.45) is 0 Å². The molecule has 2 aromatic rings. The molecular weight excluding hydrogens is 268 g/mol. The van der Waals surface area contributed by atoms with Crippen molar-refractivity contribution in [3.05, 3.63) is 58.6 Å². The Morgan fingerprint density at radius 2 is 1.58 bits per heavy atom. The molecule has 0 saturated heterocycles. The van der Waals surface area contributed by atoms with E-state index < -0.39 is 11.9 Å². The molecular formula is C14H7ClO4-2. The average Bonchev–Trinajstić information content (AvgIpc) is 2.38. The zero-order chi connectivity index (χ0) is 14.0. The van der Waals surface area contributed by atoms with Crippen LogP contribution in [-0.2, 0) is 0 Å². The summed E-state index contributed by atoms with van der Waals surface area (Å²) in [7, 11) is 0. The highest BCUT2D eigenvalue weighted by Gasteiger charge is 2.05. The Kier molecular flexibility index (Phi) is 3.53. The quantitative estimate of drug-likeness (QED) is 0.826. The predicted molar refractivity (Wildman–Crippen MR) is 65.5 cm³/mol. The number of aromatic carboxylic acids is 2. The largest absolute Gasteiger partial charge is 0.545 e. The number of rotatable bonds is 3. The third-order valence-corrected chi connectivity index (χ3v) is 2.93. The topological polar surface area (TPSA) is 80.3 Å². The molecule has 0 aliphatic rings. The van der Waals surface area contributed by atoms with E-state index >= 15 is 0 Å². The summed E-state index contributed by atoms with van der Waals surface area (Å²) >= 11 is 5.83. The number of benzene rings is 2. The van der Waals surface area contributed by atoms with Crippen molar-refractivity contribution in [3.8, 4) is 11.1 Å². The van der Waals surface area contributed by atoms with Crippen molar-refractivity contribution >= 4 is 23.5 Å². The highest BCUT2D eigenvalue weighted by molar-refractivity contribution is 6.33. The molecule has 0 unspecified atom stereocenters. The first-order chi connectivity index (χ1) is 8.99. The van der Waals surface area contributed by atoms with Crippen molar-refractivity contribution in [2.75, 3.05) is 0 Å². The molecule has 0 heterocycles. The van der Waals surface area contributed by atoms with Gasteiger partial charge in [-0.25, -0.2) is 0 Å². The molecule has 0 aliphatic heterocycles. The molecule has 0 saturated carbocycles. The molecule has 0 atom stereocenters.